The van der Waals surface area contributed by atoms with Gasteiger partial charge < -0.3 is 10.4 Å². The van der Waals surface area contributed by atoms with Crippen molar-refractivity contribution in [3.63, 3.8) is 0 Å². The van der Waals surface area contributed by atoms with Gasteiger partial charge in [-0.3, -0.25) is 5.32 Å². The van der Waals surface area contributed by atoms with E-state index in [2.05, 4.69) is 15.7 Å². The number of hydrogen-bond donors (Lipinski definition) is 3. The minimum Gasteiger partial charge on any atom is -0.394 e. The molecule has 128 valence electrons. The van der Waals surface area contributed by atoms with Gasteiger partial charge in [-0.15, -0.1) is 5.10 Å². The number of carbonyl (C=O) groups is 1. The lowest BCUT2D eigenvalue weighted by Gasteiger charge is -2.27. The summed E-state index contributed by atoms with van der Waals surface area (Å²) in [4.78, 5) is 12.3. The molecule has 1 aliphatic carbocycles. The predicted octanol–water partition coefficient (Wildman–Crippen LogP) is 3.26. The molecule has 24 heavy (non-hydrogen) atoms. The van der Waals surface area contributed by atoms with Crippen molar-refractivity contribution in [2.45, 2.75) is 38.1 Å². The first-order valence-corrected chi connectivity index (χ1v) is 8.42. The van der Waals surface area contributed by atoms with Crippen LogP contribution in [0.15, 0.2) is 30.5 Å². The van der Waals surface area contributed by atoms with Crippen LogP contribution in [0.25, 0.3) is 5.69 Å². The molecule has 1 heterocycles. The number of aliphatic hydroxyl groups is 1. The Balaban J connectivity index is 1.74. The van der Waals surface area contributed by atoms with Gasteiger partial charge in [-0.25, -0.2) is 9.48 Å². The van der Waals surface area contributed by atoms with Crippen LogP contribution in [0, 0.1) is 6.92 Å². The molecule has 1 aliphatic rings. The molecule has 1 aromatic heterocycles. The van der Waals surface area contributed by atoms with E-state index in [4.69, 9.17) is 11.6 Å². The number of para-hydroxylation sites is 1. The Bertz CT molecular complexity index is 738. The van der Waals surface area contributed by atoms with Gasteiger partial charge in [0.2, 0.25) is 0 Å². The minimum atomic E-state index is -0.511. The number of anilines is 1. The summed E-state index contributed by atoms with van der Waals surface area (Å²) in [5, 5.41) is 20.3. The zero-order valence-electron chi connectivity index (χ0n) is 13.6. The molecule has 0 spiro atoms. The highest BCUT2D eigenvalue weighted by atomic mass is 35.5. The molecule has 1 saturated carbocycles. The van der Waals surface area contributed by atoms with Crippen LogP contribution < -0.4 is 10.6 Å². The van der Waals surface area contributed by atoms with Crippen molar-refractivity contribution in [3.8, 4) is 5.69 Å². The van der Waals surface area contributed by atoms with Gasteiger partial charge in [0.1, 0.15) is 0 Å². The second kappa shape index (κ2) is 6.83. The van der Waals surface area contributed by atoms with Crippen molar-refractivity contribution in [2.75, 3.05) is 11.9 Å². The van der Waals surface area contributed by atoms with E-state index in [1.54, 1.807) is 10.7 Å². The number of rotatable bonds is 4. The van der Waals surface area contributed by atoms with Crippen molar-refractivity contribution in [1.82, 2.24) is 15.1 Å². The Morgan fingerprint density at radius 2 is 2.08 bits per heavy atom. The fourth-order valence-electron chi connectivity index (χ4n) is 3.10. The molecule has 0 radical (unpaired) electrons. The Kier molecular flexibility index (Phi) is 4.78. The van der Waals surface area contributed by atoms with Crippen LogP contribution in [-0.2, 0) is 0 Å². The molecular formula is C17H21ClN4O2. The smallest absolute Gasteiger partial charge is 0.320 e. The Morgan fingerprint density at radius 3 is 2.75 bits per heavy atom. The van der Waals surface area contributed by atoms with Crippen LogP contribution >= 0.6 is 11.6 Å². The fraction of sp³-hybridized carbons (Fsp3) is 0.412. The van der Waals surface area contributed by atoms with E-state index in [0.717, 1.165) is 36.9 Å². The molecule has 2 aromatic rings. The van der Waals surface area contributed by atoms with Gasteiger partial charge in [-0.1, -0.05) is 36.6 Å². The van der Waals surface area contributed by atoms with Gasteiger partial charge in [0.05, 0.1) is 22.9 Å². The van der Waals surface area contributed by atoms with Crippen LogP contribution in [0.5, 0.6) is 0 Å². The second-order valence-corrected chi connectivity index (χ2v) is 6.69. The molecule has 3 N–H and O–H groups in total. The van der Waals surface area contributed by atoms with Crippen LogP contribution in [-0.4, -0.2) is 33.1 Å². The Labute approximate surface area is 145 Å². The van der Waals surface area contributed by atoms with Crippen molar-refractivity contribution >= 4 is 23.4 Å². The number of aliphatic hydroxyl groups excluding tert-OH is 1. The largest absolute Gasteiger partial charge is 0.394 e. The highest BCUT2D eigenvalue weighted by Gasteiger charge is 2.34. The van der Waals surface area contributed by atoms with E-state index >= 15 is 0 Å². The molecule has 3 rings (SSSR count). The number of nitrogens with one attached hydrogen (secondary N) is 2. The first kappa shape index (κ1) is 16.8. The highest BCUT2D eigenvalue weighted by Crippen LogP contribution is 2.29. The molecule has 7 heteroatoms. The van der Waals surface area contributed by atoms with E-state index in [0.29, 0.717) is 10.8 Å². The van der Waals surface area contributed by atoms with Crippen LogP contribution in [0.3, 0.4) is 0 Å². The lowest BCUT2D eigenvalue weighted by atomic mass is 9.99. The average Bonchev–Trinajstić information content (AvgIpc) is 3.16. The van der Waals surface area contributed by atoms with Crippen LogP contribution in [0.4, 0.5) is 10.6 Å². The maximum absolute atomic E-state index is 12.3. The van der Waals surface area contributed by atoms with Crippen LogP contribution in [0.1, 0.15) is 31.2 Å². The molecule has 0 bridgehead atoms. The summed E-state index contributed by atoms with van der Waals surface area (Å²) in [6.45, 7) is 1.82. The monoisotopic (exact) mass is 348 g/mol. The number of nitrogens with zero attached hydrogens (tertiary/aromatic N) is 2. The summed E-state index contributed by atoms with van der Waals surface area (Å²) >= 11 is 6.19. The third-order valence-electron chi connectivity index (χ3n) is 4.47. The summed E-state index contributed by atoms with van der Waals surface area (Å²) in [6.07, 6.45) is 5.43. The molecule has 0 unspecified atom stereocenters. The maximum atomic E-state index is 12.3. The third-order valence-corrected chi connectivity index (χ3v) is 4.79. The molecule has 6 nitrogen and oxygen atoms in total. The normalized spacial score (nSPS) is 16.1. The van der Waals surface area contributed by atoms with Crippen molar-refractivity contribution in [2.24, 2.45) is 0 Å². The SMILES string of the molecule is Cc1cn(-c2ccccc2Cl)nc1NC(=O)NC1(CO)CCCC1. The Morgan fingerprint density at radius 1 is 1.38 bits per heavy atom. The lowest BCUT2D eigenvalue weighted by Crippen LogP contribution is -2.50. The van der Waals surface area contributed by atoms with Crippen molar-refractivity contribution in [1.29, 1.82) is 0 Å². The molecule has 1 aromatic carbocycles. The van der Waals surface area contributed by atoms with E-state index < -0.39 is 5.54 Å². The van der Waals surface area contributed by atoms with Crippen LogP contribution in [0.2, 0.25) is 5.02 Å². The summed E-state index contributed by atoms with van der Waals surface area (Å²) in [7, 11) is 0. The molecule has 0 atom stereocenters. The topological polar surface area (TPSA) is 79.2 Å². The van der Waals surface area contributed by atoms with Crippen molar-refractivity contribution in [3.05, 3.63) is 41.0 Å². The summed E-state index contributed by atoms with van der Waals surface area (Å²) in [5.74, 6) is 0.471. The summed E-state index contributed by atoms with van der Waals surface area (Å²) < 4.78 is 1.64. The number of hydrogen-bond acceptors (Lipinski definition) is 3. The van der Waals surface area contributed by atoms with Gasteiger partial charge in [0.25, 0.3) is 0 Å². The average molecular weight is 349 g/mol. The number of aryl methyl sites for hydroxylation is 1. The summed E-state index contributed by atoms with van der Waals surface area (Å²) in [6, 6.07) is 7.03. The first-order chi connectivity index (χ1) is 11.5. The van der Waals surface area contributed by atoms with E-state index in [1.807, 2.05) is 31.3 Å². The van der Waals surface area contributed by atoms with Gasteiger partial charge in [0, 0.05) is 11.8 Å². The van der Waals surface area contributed by atoms with Gasteiger partial charge in [0.15, 0.2) is 5.82 Å². The number of halogens is 1. The number of aromatic nitrogens is 2. The molecule has 0 aliphatic heterocycles. The number of amides is 2. The van der Waals surface area contributed by atoms with Gasteiger partial charge in [-0.05, 0) is 31.9 Å². The van der Waals surface area contributed by atoms with E-state index in [1.165, 1.54) is 0 Å². The quantitative estimate of drug-likeness (QED) is 0.793. The second-order valence-electron chi connectivity index (χ2n) is 6.28. The van der Waals surface area contributed by atoms with E-state index in [9.17, 15) is 9.90 Å². The maximum Gasteiger partial charge on any atom is 0.320 e. The molecule has 1 fully saturated rings. The number of carbonyl (C=O) groups excluding carboxylic acids is 1. The lowest BCUT2D eigenvalue weighted by molar-refractivity contribution is 0.167. The highest BCUT2D eigenvalue weighted by molar-refractivity contribution is 6.32. The predicted molar refractivity (Wildman–Crippen MR) is 93.8 cm³/mol. The van der Waals surface area contributed by atoms with E-state index in [-0.39, 0.29) is 12.6 Å². The first-order valence-electron chi connectivity index (χ1n) is 8.04. The zero-order valence-corrected chi connectivity index (χ0v) is 14.3. The molecular weight excluding hydrogens is 328 g/mol. The van der Waals surface area contributed by atoms with Gasteiger partial charge >= 0.3 is 6.03 Å². The van der Waals surface area contributed by atoms with Crippen molar-refractivity contribution < 1.29 is 9.90 Å². The molecule has 2 amide bonds. The Hall–Kier alpha value is -2.05. The van der Waals surface area contributed by atoms with Gasteiger partial charge in [-0.2, -0.15) is 0 Å². The minimum absolute atomic E-state index is 0.0481. The fourth-order valence-corrected chi connectivity index (χ4v) is 3.32. The standard InChI is InChI=1S/C17H21ClN4O2/c1-12-10-22(14-7-3-2-6-13(14)18)21-15(12)19-16(24)20-17(11-23)8-4-5-9-17/h2-3,6-7,10,23H,4-5,8-9,11H2,1H3,(H2,19,20,21,24). The molecule has 0 saturated heterocycles. The zero-order chi connectivity index (χ0) is 17.2. The number of urea groups is 1. The number of benzene rings is 1. The summed E-state index contributed by atoms with van der Waals surface area (Å²) in [5.41, 5.74) is 1.07. The third kappa shape index (κ3) is 3.39.